The van der Waals surface area contributed by atoms with Crippen LogP contribution in [0.25, 0.3) is 0 Å². The zero-order valence-corrected chi connectivity index (χ0v) is 13.8. The first kappa shape index (κ1) is 16.0. The average Bonchev–Trinajstić information content (AvgIpc) is 2.84. The van der Waals surface area contributed by atoms with Gasteiger partial charge in [-0.1, -0.05) is 54.6 Å². The lowest BCUT2D eigenvalue weighted by atomic mass is 9.67. The molecule has 3 rings (SSSR count). The second-order valence-corrected chi connectivity index (χ2v) is 7.03. The van der Waals surface area contributed by atoms with E-state index in [1.807, 2.05) is 61.6 Å². The Morgan fingerprint density at radius 1 is 1.13 bits per heavy atom. The predicted octanol–water partition coefficient (Wildman–Crippen LogP) is 3.44. The first-order valence-corrected chi connectivity index (χ1v) is 8.19. The molecule has 3 heteroatoms. The molecule has 2 aliphatic carbocycles. The van der Waals surface area contributed by atoms with Gasteiger partial charge in [0.15, 0.2) is 0 Å². The van der Waals surface area contributed by atoms with Crippen molar-refractivity contribution in [2.24, 2.45) is 10.8 Å². The third-order valence-corrected chi connectivity index (χ3v) is 5.52. The van der Waals surface area contributed by atoms with Gasteiger partial charge in [-0.3, -0.25) is 4.79 Å². The van der Waals surface area contributed by atoms with Crippen molar-refractivity contribution in [1.29, 1.82) is 0 Å². The van der Waals surface area contributed by atoms with Crippen LogP contribution in [0.3, 0.4) is 0 Å². The van der Waals surface area contributed by atoms with Gasteiger partial charge in [-0.15, -0.1) is 0 Å². The fraction of sp³-hybridized carbons (Fsp3) is 0.450. The van der Waals surface area contributed by atoms with Crippen LogP contribution in [-0.2, 0) is 16.0 Å². The Hall–Kier alpha value is -1.87. The van der Waals surface area contributed by atoms with Gasteiger partial charge in [-0.05, 0) is 38.2 Å². The maximum atomic E-state index is 12.5. The van der Waals surface area contributed by atoms with Crippen molar-refractivity contribution in [1.82, 2.24) is 0 Å². The molecule has 1 atom stereocenters. The van der Waals surface area contributed by atoms with E-state index >= 15 is 0 Å². The zero-order valence-electron chi connectivity index (χ0n) is 13.8. The highest BCUT2D eigenvalue weighted by Gasteiger charge is 2.50. The monoisotopic (exact) mass is 312 g/mol. The van der Waals surface area contributed by atoms with Gasteiger partial charge in [0.05, 0.1) is 12.7 Å². The highest BCUT2D eigenvalue weighted by molar-refractivity contribution is 5.82. The summed E-state index contributed by atoms with van der Waals surface area (Å²) in [6, 6.07) is 9.94. The summed E-state index contributed by atoms with van der Waals surface area (Å²) in [5, 5.41) is 10.7. The highest BCUT2D eigenvalue weighted by Crippen LogP contribution is 2.52. The first-order chi connectivity index (χ1) is 10.9. The van der Waals surface area contributed by atoms with Crippen molar-refractivity contribution in [3.63, 3.8) is 0 Å². The highest BCUT2D eigenvalue weighted by atomic mass is 16.5. The molecule has 1 N–H and O–H groups in total. The van der Waals surface area contributed by atoms with E-state index in [1.165, 1.54) is 7.11 Å². The molecule has 1 aromatic rings. The lowest BCUT2D eigenvalue weighted by Crippen LogP contribution is -2.42. The van der Waals surface area contributed by atoms with E-state index in [1.54, 1.807) is 0 Å². The summed E-state index contributed by atoms with van der Waals surface area (Å²) >= 11 is 0. The minimum absolute atomic E-state index is 0.263. The molecule has 1 fully saturated rings. The number of benzene rings is 1. The zero-order chi connectivity index (χ0) is 16.6. The molecule has 0 bridgehead atoms. The molecule has 1 saturated carbocycles. The van der Waals surface area contributed by atoms with E-state index in [4.69, 9.17) is 4.74 Å². The number of hydrogen-bond donors (Lipinski definition) is 1. The quantitative estimate of drug-likeness (QED) is 0.687. The van der Waals surface area contributed by atoms with Crippen LogP contribution in [0.5, 0.6) is 0 Å². The van der Waals surface area contributed by atoms with Crippen LogP contribution in [0, 0.1) is 10.8 Å². The van der Waals surface area contributed by atoms with E-state index < -0.39 is 11.0 Å². The Bertz CT molecular complexity index is 626. The maximum absolute atomic E-state index is 12.5. The number of hydrogen-bond acceptors (Lipinski definition) is 3. The molecule has 0 saturated heterocycles. The number of carbonyl (C=O) groups excluding carboxylic acids is 1. The van der Waals surface area contributed by atoms with Crippen molar-refractivity contribution in [2.75, 3.05) is 7.11 Å². The number of methoxy groups -OCH3 is 1. The molecule has 0 heterocycles. The summed E-state index contributed by atoms with van der Waals surface area (Å²) in [5.74, 6) is -0.263. The average molecular weight is 312 g/mol. The van der Waals surface area contributed by atoms with Crippen molar-refractivity contribution < 1.29 is 14.6 Å². The fourth-order valence-corrected chi connectivity index (χ4v) is 3.91. The molecular weight excluding hydrogens is 288 g/mol. The van der Waals surface area contributed by atoms with Crippen LogP contribution in [0.4, 0.5) is 0 Å². The Labute approximate surface area is 137 Å². The van der Waals surface area contributed by atoms with Gasteiger partial charge in [0.2, 0.25) is 0 Å². The van der Waals surface area contributed by atoms with Crippen molar-refractivity contribution >= 4 is 5.97 Å². The number of carbonyl (C=O) groups is 1. The van der Waals surface area contributed by atoms with Crippen LogP contribution in [0.15, 0.2) is 54.6 Å². The van der Waals surface area contributed by atoms with Gasteiger partial charge in [0, 0.05) is 5.41 Å². The van der Waals surface area contributed by atoms with Gasteiger partial charge in [-0.25, -0.2) is 0 Å². The molecule has 1 spiro atoms. The Balaban J connectivity index is 1.94. The van der Waals surface area contributed by atoms with E-state index in [9.17, 15) is 9.90 Å². The number of ether oxygens (including phenoxy) is 1. The topological polar surface area (TPSA) is 46.5 Å². The second-order valence-electron chi connectivity index (χ2n) is 7.03. The van der Waals surface area contributed by atoms with Crippen LogP contribution < -0.4 is 0 Å². The van der Waals surface area contributed by atoms with E-state index in [-0.39, 0.29) is 11.4 Å². The number of rotatable bonds is 3. The first-order valence-electron chi connectivity index (χ1n) is 8.19. The molecular formula is C20H24O3. The minimum Gasteiger partial charge on any atom is -0.468 e. The van der Waals surface area contributed by atoms with Crippen LogP contribution >= 0.6 is 0 Å². The second kappa shape index (κ2) is 5.64. The predicted molar refractivity (Wildman–Crippen MR) is 89.8 cm³/mol. The molecule has 122 valence electrons. The van der Waals surface area contributed by atoms with Crippen molar-refractivity contribution in [3.8, 4) is 0 Å². The van der Waals surface area contributed by atoms with Gasteiger partial charge in [0.1, 0.15) is 5.41 Å². The van der Waals surface area contributed by atoms with E-state index in [0.717, 1.165) is 24.8 Å². The molecule has 2 aliphatic rings. The van der Waals surface area contributed by atoms with Crippen molar-refractivity contribution in [2.45, 2.75) is 38.2 Å². The SMILES string of the molecule is COC(=O)C1(Cc2ccccc2)C=CC2(C=C1)CCC[C@@]2(C)O. The summed E-state index contributed by atoms with van der Waals surface area (Å²) in [7, 11) is 1.42. The molecule has 0 aromatic heterocycles. The summed E-state index contributed by atoms with van der Waals surface area (Å²) in [6.07, 6.45) is 11.2. The van der Waals surface area contributed by atoms with Gasteiger partial charge >= 0.3 is 5.97 Å². The third kappa shape index (κ3) is 2.63. The summed E-state index contributed by atoms with van der Waals surface area (Å²) in [6.45, 7) is 1.89. The minimum atomic E-state index is -0.792. The number of esters is 1. The molecule has 3 nitrogen and oxygen atoms in total. The van der Waals surface area contributed by atoms with Gasteiger partial charge in [-0.2, -0.15) is 0 Å². The molecule has 0 amide bonds. The summed E-state index contributed by atoms with van der Waals surface area (Å²) in [4.78, 5) is 12.5. The van der Waals surface area contributed by atoms with Gasteiger partial charge in [0.25, 0.3) is 0 Å². The Kier molecular flexibility index (Phi) is 3.93. The molecule has 0 unspecified atom stereocenters. The molecule has 23 heavy (non-hydrogen) atoms. The Morgan fingerprint density at radius 2 is 1.78 bits per heavy atom. The third-order valence-electron chi connectivity index (χ3n) is 5.52. The molecule has 0 radical (unpaired) electrons. The smallest absolute Gasteiger partial charge is 0.319 e. The number of aliphatic hydroxyl groups is 1. The van der Waals surface area contributed by atoms with Crippen LogP contribution in [0.2, 0.25) is 0 Å². The Morgan fingerprint density at radius 3 is 2.30 bits per heavy atom. The lowest BCUT2D eigenvalue weighted by Gasteiger charge is -2.40. The maximum Gasteiger partial charge on any atom is 0.319 e. The van der Waals surface area contributed by atoms with Crippen LogP contribution in [0.1, 0.15) is 31.7 Å². The van der Waals surface area contributed by atoms with E-state index in [0.29, 0.717) is 6.42 Å². The summed E-state index contributed by atoms with van der Waals surface area (Å²) < 4.78 is 5.06. The van der Waals surface area contributed by atoms with E-state index in [2.05, 4.69) is 0 Å². The fourth-order valence-electron chi connectivity index (χ4n) is 3.91. The lowest BCUT2D eigenvalue weighted by molar-refractivity contribution is -0.147. The normalized spacial score (nSPS) is 35.6. The standard InChI is InChI=1S/C20H24O3/c1-18(22)9-6-10-20(18)13-11-19(12-14-20,17(21)23-2)15-16-7-4-3-5-8-16/h3-5,7-8,11-14,22H,6,9-10,15H2,1-2H3/t18-,19?,20?/m1/s1. The largest absolute Gasteiger partial charge is 0.468 e. The van der Waals surface area contributed by atoms with Gasteiger partial charge < -0.3 is 9.84 Å². The van der Waals surface area contributed by atoms with Crippen LogP contribution in [-0.4, -0.2) is 23.8 Å². The molecule has 1 aromatic carbocycles. The van der Waals surface area contributed by atoms with Crippen molar-refractivity contribution in [3.05, 3.63) is 60.2 Å². The molecule has 0 aliphatic heterocycles. The summed E-state index contributed by atoms with van der Waals surface area (Å²) in [5.41, 5.74) is -0.822.